The van der Waals surface area contributed by atoms with Gasteiger partial charge in [-0.2, -0.15) is 0 Å². The Bertz CT molecular complexity index is 1030. The summed E-state index contributed by atoms with van der Waals surface area (Å²) in [6, 6.07) is -0.795. The van der Waals surface area contributed by atoms with E-state index in [0.29, 0.717) is 23.9 Å². The second-order valence-corrected chi connectivity index (χ2v) is 22.8. The van der Waals surface area contributed by atoms with E-state index >= 15 is 0 Å². The fourth-order valence-electron chi connectivity index (χ4n) is 9.04. The fourth-order valence-corrected chi connectivity index (χ4v) is 9.77. The van der Waals surface area contributed by atoms with Gasteiger partial charge in [0.25, 0.3) is 7.82 Å². The molecule has 0 fully saturated rings. The highest BCUT2D eigenvalue weighted by molar-refractivity contribution is 7.45. The topological polar surface area (TPSA) is 108 Å². The summed E-state index contributed by atoms with van der Waals surface area (Å²) in [5.41, 5.74) is 0. The van der Waals surface area contributed by atoms with Crippen molar-refractivity contribution in [2.75, 3.05) is 40.9 Å². The van der Waals surface area contributed by atoms with E-state index in [4.69, 9.17) is 9.05 Å². The standard InChI is InChI=1S/C56H115N2O6P/c1-6-8-10-12-14-16-18-20-22-24-26-27-28-29-30-31-32-34-36-38-40-42-44-46-48-50-56(60)57-54(53-64-65(61,62)63-52-51-58(3,4)5)55(59)49-47-45-43-41-39-37-35-33-25-23-21-19-17-15-13-11-9-7-2/h54-55,59H,6-53H2,1-5H3,(H-,57,60,61,62). The van der Waals surface area contributed by atoms with Gasteiger partial charge in [0, 0.05) is 6.42 Å². The van der Waals surface area contributed by atoms with Crippen molar-refractivity contribution in [1.29, 1.82) is 0 Å². The first-order valence-corrected chi connectivity index (χ1v) is 30.3. The van der Waals surface area contributed by atoms with Crippen LogP contribution in [0.5, 0.6) is 0 Å². The molecule has 0 aliphatic heterocycles. The van der Waals surface area contributed by atoms with Gasteiger partial charge in [0.05, 0.1) is 39.9 Å². The molecule has 2 N–H and O–H groups in total. The Labute approximate surface area is 406 Å². The zero-order chi connectivity index (χ0) is 47.8. The van der Waals surface area contributed by atoms with Crippen molar-refractivity contribution in [1.82, 2.24) is 5.32 Å². The van der Waals surface area contributed by atoms with Crippen LogP contribution in [0.25, 0.3) is 0 Å². The van der Waals surface area contributed by atoms with Gasteiger partial charge in [-0.05, 0) is 12.8 Å². The predicted octanol–water partition coefficient (Wildman–Crippen LogP) is 16.6. The third kappa shape index (κ3) is 51.2. The Kier molecular flexibility index (Phi) is 48.1. The number of quaternary nitrogens is 1. The highest BCUT2D eigenvalue weighted by Gasteiger charge is 2.24. The monoisotopic (exact) mass is 943 g/mol. The van der Waals surface area contributed by atoms with E-state index in [-0.39, 0.29) is 19.1 Å². The van der Waals surface area contributed by atoms with Gasteiger partial charge in [-0.15, -0.1) is 0 Å². The number of nitrogens with zero attached hydrogens (tertiary/aromatic N) is 1. The van der Waals surface area contributed by atoms with Crippen LogP contribution in [0.15, 0.2) is 0 Å². The van der Waals surface area contributed by atoms with Gasteiger partial charge < -0.3 is 28.8 Å². The maximum atomic E-state index is 13.0. The molecule has 0 spiro atoms. The molecule has 0 aromatic rings. The van der Waals surface area contributed by atoms with E-state index in [1.165, 1.54) is 238 Å². The Morgan fingerprint density at radius 3 is 1.05 bits per heavy atom. The second-order valence-electron chi connectivity index (χ2n) is 21.4. The normalized spacial score (nSPS) is 13.9. The van der Waals surface area contributed by atoms with Gasteiger partial charge in [-0.3, -0.25) is 9.36 Å². The largest absolute Gasteiger partial charge is 0.756 e. The smallest absolute Gasteiger partial charge is 0.268 e. The van der Waals surface area contributed by atoms with Crippen LogP contribution < -0.4 is 10.2 Å². The average Bonchev–Trinajstić information content (AvgIpc) is 3.26. The molecule has 9 heteroatoms. The molecule has 0 saturated heterocycles. The lowest BCUT2D eigenvalue weighted by molar-refractivity contribution is -0.870. The summed E-state index contributed by atoms with van der Waals surface area (Å²) in [6.45, 7) is 4.78. The number of carbonyl (C=O) groups is 1. The highest BCUT2D eigenvalue weighted by atomic mass is 31.2. The van der Waals surface area contributed by atoms with E-state index in [1.54, 1.807) is 0 Å². The number of amides is 1. The average molecular weight is 944 g/mol. The minimum Gasteiger partial charge on any atom is -0.756 e. The number of phosphoric acid groups is 1. The third-order valence-electron chi connectivity index (χ3n) is 13.6. The summed E-state index contributed by atoms with van der Waals surface area (Å²) in [7, 11) is 1.32. The summed E-state index contributed by atoms with van der Waals surface area (Å²) < 4.78 is 23.4. The minimum absolute atomic E-state index is 0.0166. The molecule has 0 bridgehead atoms. The number of unbranched alkanes of at least 4 members (excludes halogenated alkanes) is 41. The number of nitrogens with one attached hydrogen (secondary N) is 1. The van der Waals surface area contributed by atoms with Gasteiger partial charge >= 0.3 is 0 Å². The number of aliphatic hydroxyl groups excluding tert-OH is 1. The molecule has 0 aromatic carbocycles. The van der Waals surface area contributed by atoms with E-state index in [2.05, 4.69) is 19.2 Å². The molecule has 0 rings (SSSR count). The number of carbonyl (C=O) groups excluding carboxylic acids is 1. The minimum atomic E-state index is -4.57. The van der Waals surface area contributed by atoms with E-state index < -0.39 is 20.0 Å². The number of hydrogen-bond acceptors (Lipinski definition) is 6. The van der Waals surface area contributed by atoms with Crippen molar-refractivity contribution >= 4 is 13.7 Å². The van der Waals surface area contributed by atoms with Crippen molar-refractivity contribution in [3.63, 3.8) is 0 Å². The van der Waals surface area contributed by atoms with Crippen molar-refractivity contribution in [3.05, 3.63) is 0 Å². The Morgan fingerprint density at radius 1 is 0.477 bits per heavy atom. The van der Waals surface area contributed by atoms with Crippen molar-refractivity contribution in [2.24, 2.45) is 0 Å². The summed E-state index contributed by atoms with van der Waals surface area (Å²) in [6.07, 6.45) is 57.0. The van der Waals surface area contributed by atoms with Gasteiger partial charge in [0.2, 0.25) is 5.91 Å². The molecule has 0 radical (unpaired) electrons. The molecule has 390 valence electrons. The van der Waals surface area contributed by atoms with E-state index in [9.17, 15) is 19.4 Å². The van der Waals surface area contributed by atoms with Crippen molar-refractivity contribution in [3.8, 4) is 0 Å². The molecule has 3 unspecified atom stereocenters. The SMILES string of the molecule is CCCCCCCCCCCCCCCCCCCCCCCCCCCC(=O)NC(COP(=O)([O-])OCC[N+](C)(C)C)C(O)CCCCCCCCCCCCCCCCCCCC. The zero-order valence-electron chi connectivity index (χ0n) is 44.5. The molecule has 0 aromatic heterocycles. The Balaban J connectivity index is 4.10. The number of rotatable bonds is 54. The lowest BCUT2D eigenvalue weighted by atomic mass is 10.0. The van der Waals surface area contributed by atoms with Crippen molar-refractivity contribution in [2.45, 2.75) is 315 Å². The highest BCUT2D eigenvalue weighted by Crippen LogP contribution is 2.38. The number of aliphatic hydroxyl groups is 1. The summed E-state index contributed by atoms with van der Waals surface area (Å²) in [4.78, 5) is 25.5. The number of phosphoric ester groups is 1. The predicted molar refractivity (Wildman–Crippen MR) is 279 cm³/mol. The number of likely N-dealkylation sites (N-methyl/N-ethyl adjacent to an activating group) is 1. The first-order chi connectivity index (χ1) is 31.5. The lowest BCUT2D eigenvalue weighted by Crippen LogP contribution is -2.46. The van der Waals surface area contributed by atoms with Crippen LogP contribution in [0.1, 0.15) is 303 Å². The molecular weight excluding hydrogens is 828 g/mol. The molecule has 0 heterocycles. The Morgan fingerprint density at radius 2 is 0.754 bits per heavy atom. The van der Waals surface area contributed by atoms with Crippen LogP contribution in [0.4, 0.5) is 0 Å². The van der Waals surface area contributed by atoms with Crippen LogP contribution in [0.2, 0.25) is 0 Å². The summed E-state index contributed by atoms with van der Waals surface area (Å²) in [5, 5.41) is 14.0. The first-order valence-electron chi connectivity index (χ1n) is 28.9. The maximum Gasteiger partial charge on any atom is 0.268 e. The van der Waals surface area contributed by atoms with Gasteiger partial charge in [-0.25, -0.2) is 0 Å². The molecule has 8 nitrogen and oxygen atoms in total. The van der Waals surface area contributed by atoms with Crippen LogP contribution in [0, 0.1) is 0 Å². The second kappa shape index (κ2) is 48.5. The fraction of sp³-hybridized carbons (Fsp3) is 0.982. The lowest BCUT2D eigenvalue weighted by Gasteiger charge is -2.30. The van der Waals surface area contributed by atoms with Gasteiger partial charge in [0.1, 0.15) is 13.2 Å². The van der Waals surface area contributed by atoms with Crippen LogP contribution in [0.3, 0.4) is 0 Å². The molecule has 0 aliphatic rings. The summed E-state index contributed by atoms with van der Waals surface area (Å²) >= 11 is 0. The quantitative estimate of drug-likeness (QED) is 0.0357. The third-order valence-corrected chi connectivity index (χ3v) is 14.6. The number of hydrogen-bond donors (Lipinski definition) is 2. The van der Waals surface area contributed by atoms with Crippen LogP contribution in [-0.4, -0.2) is 68.5 Å². The molecule has 1 amide bonds. The summed E-state index contributed by atoms with van der Waals surface area (Å²) in [5.74, 6) is -0.156. The zero-order valence-corrected chi connectivity index (χ0v) is 45.4. The van der Waals surface area contributed by atoms with Crippen LogP contribution >= 0.6 is 7.82 Å². The molecule has 0 saturated carbocycles. The van der Waals surface area contributed by atoms with Gasteiger partial charge in [0.15, 0.2) is 0 Å². The van der Waals surface area contributed by atoms with E-state index in [0.717, 1.165) is 38.5 Å². The Hall–Kier alpha value is -0.500. The van der Waals surface area contributed by atoms with Crippen LogP contribution in [-0.2, 0) is 18.4 Å². The first kappa shape index (κ1) is 64.5. The van der Waals surface area contributed by atoms with Crippen molar-refractivity contribution < 1.29 is 32.9 Å². The molecule has 0 aliphatic carbocycles. The van der Waals surface area contributed by atoms with Gasteiger partial charge in [-0.1, -0.05) is 284 Å². The maximum absolute atomic E-state index is 13.0. The molecular formula is C56H115N2O6P. The van der Waals surface area contributed by atoms with E-state index in [1.807, 2.05) is 21.1 Å². The molecule has 3 atom stereocenters. The molecule has 65 heavy (non-hydrogen) atoms.